The number of carbonyl (C=O) groups excluding carboxylic acids is 1. The Morgan fingerprint density at radius 2 is 1.95 bits per heavy atom. The molecule has 0 spiro atoms. The van der Waals surface area contributed by atoms with Crippen LogP contribution in [0.15, 0.2) is 0 Å². The van der Waals surface area contributed by atoms with E-state index < -0.39 is 27.4 Å². The summed E-state index contributed by atoms with van der Waals surface area (Å²) in [6.07, 6.45) is 0.639. The molecule has 2 fully saturated rings. The Morgan fingerprint density at radius 3 is 2.21 bits per heavy atom. The van der Waals surface area contributed by atoms with Crippen LogP contribution in [0.25, 0.3) is 0 Å². The van der Waals surface area contributed by atoms with E-state index in [1.54, 1.807) is 0 Å². The van der Waals surface area contributed by atoms with E-state index in [1.807, 2.05) is 13.8 Å². The summed E-state index contributed by atoms with van der Waals surface area (Å²) >= 11 is 0. The number of hydrogen-bond acceptors (Lipinski definition) is 4. The quantitative estimate of drug-likeness (QED) is 0.647. The molecular weight excluding hydrogens is 274 g/mol. The van der Waals surface area contributed by atoms with Crippen molar-refractivity contribution in [2.75, 3.05) is 5.75 Å². The van der Waals surface area contributed by atoms with Crippen molar-refractivity contribution in [3.05, 3.63) is 0 Å². The van der Waals surface area contributed by atoms with Gasteiger partial charge in [0.2, 0.25) is 0 Å². The van der Waals surface area contributed by atoms with E-state index in [2.05, 4.69) is 5.73 Å². The molecule has 0 aliphatic heterocycles. The molecule has 1 amide bonds. The molecule has 2 bridgehead atoms. The zero-order chi connectivity index (χ0) is 15.1. The third-order valence-corrected chi connectivity index (χ3v) is 5.43. The van der Waals surface area contributed by atoms with Crippen LogP contribution in [-0.4, -0.2) is 35.7 Å². The highest BCUT2D eigenvalue weighted by molar-refractivity contribution is 7.85. The highest BCUT2D eigenvalue weighted by Gasteiger charge is 2.65. The average molecular weight is 293 g/mol. The first kappa shape index (κ1) is 15.9. The number of amides is 1. The number of ketones is 1. The number of carbonyl (C=O) groups is 2. The maximum absolute atomic E-state index is 11.9. The van der Waals surface area contributed by atoms with Crippen LogP contribution in [0, 0.1) is 16.7 Å². The molecule has 0 saturated heterocycles. The largest absolute Gasteiger partial charge is 0.465 e. The van der Waals surface area contributed by atoms with Gasteiger partial charge in [-0.15, -0.1) is 0 Å². The van der Waals surface area contributed by atoms with E-state index in [4.69, 9.17) is 14.5 Å². The van der Waals surface area contributed by atoms with E-state index in [1.165, 1.54) is 0 Å². The van der Waals surface area contributed by atoms with E-state index in [0.29, 0.717) is 12.8 Å². The van der Waals surface area contributed by atoms with Crippen LogP contribution in [0.5, 0.6) is 0 Å². The minimum Gasteiger partial charge on any atom is -0.465 e. The van der Waals surface area contributed by atoms with Crippen molar-refractivity contribution >= 4 is 22.0 Å². The Balaban J connectivity index is 0.000000399. The van der Waals surface area contributed by atoms with Gasteiger partial charge >= 0.3 is 6.09 Å². The number of primary amides is 1. The number of rotatable bonds is 2. The number of nitrogens with two attached hydrogens (primary N) is 1. The average Bonchev–Trinajstić information content (AvgIpc) is 2.47. The second-order valence-electron chi connectivity index (χ2n) is 5.73. The van der Waals surface area contributed by atoms with Crippen LogP contribution in [0.4, 0.5) is 4.79 Å². The van der Waals surface area contributed by atoms with Crippen molar-refractivity contribution in [1.29, 1.82) is 0 Å². The standard InChI is InChI=1S/C10H16O4S.CH3NO2/c1-9(2)7-3-4-10(9,8(11)5-7)6-15(12,13)14;2-1(3)4/h7H,3-6H2,1-2H3,(H,12,13,14);2H2,(H,3,4). The molecule has 0 aromatic carbocycles. The Hall–Kier alpha value is -1.15. The lowest BCUT2D eigenvalue weighted by atomic mass is 9.70. The van der Waals surface area contributed by atoms with E-state index in [9.17, 15) is 13.2 Å². The van der Waals surface area contributed by atoms with E-state index >= 15 is 0 Å². The van der Waals surface area contributed by atoms with Crippen molar-refractivity contribution in [2.24, 2.45) is 22.5 Å². The van der Waals surface area contributed by atoms with Gasteiger partial charge in [-0.1, -0.05) is 13.8 Å². The Morgan fingerprint density at radius 1 is 1.47 bits per heavy atom. The zero-order valence-electron chi connectivity index (χ0n) is 10.9. The van der Waals surface area contributed by atoms with Crippen LogP contribution in [0.2, 0.25) is 0 Å². The summed E-state index contributed by atoms with van der Waals surface area (Å²) in [5.41, 5.74) is 2.91. The molecule has 0 heterocycles. The lowest BCUT2D eigenvalue weighted by Gasteiger charge is -2.35. The predicted molar refractivity (Wildman–Crippen MR) is 67.2 cm³/mol. The molecule has 2 atom stereocenters. The van der Waals surface area contributed by atoms with Gasteiger partial charge < -0.3 is 10.8 Å². The van der Waals surface area contributed by atoms with Crippen molar-refractivity contribution in [1.82, 2.24) is 0 Å². The number of hydrogen-bond donors (Lipinski definition) is 3. The van der Waals surface area contributed by atoms with Gasteiger partial charge in [0.25, 0.3) is 10.1 Å². The van der Waals surface area contributed by atoms with E-state index in [-0.39, 0.29) is 17.1 Å². The summed E-state index contributed by atoms with van der Waals surface area (Å²) in [6, 6.07) is 0. The summed E-state index contributed by atoms with van der Waals surface area (Å²) in [4.78, 5) is 20.7. The Bertz CT molecular complexity index is 493. The third kappa shape index (κ3) is 2.89. The SMILES string of the molecule is CC1(C)C2CCC1(CS(=O)(=O)O)C(=O)C2.NC(=O)O. The molecule has 2 saturated carbocycles. The first-order valence-corrected chi connectivity index (χ1v) is 7.50. The van der Waals surface area contributed by atoms with Crippen molar-refractivity contribution in [2.45, 2.75) is 33.1 Å². The molecule has 7 nitrogen and oxygen atoms in total. The van der Waals surface area contributed by atoms with Gasteiger partial charge in [-0.3, -0.25) is 9.35 Å². The second-order valence-corrected chi connectivity index (χ2v) is 7.18. The van der Waals surface area contributed by atoms with Crippen LogP contribution in [0.3, 0.4) is 0 Å². The molecule has 19 heavy (non-hydrogen) atoms. The molecule has 2 unspecified atom stereocenters. The molecule has 2 aliphatic rings. The lowest BCUT2D eigenvalue weighted by Crippen LogP contribution is -2.42. The zero-order valence-corrected chi connectivity index (χ0v) is 11.7. The number of fused-ring (bicyclic) bond motifs is 2. The van der Waals surface area contributed by atoms with Crippen molar-refractivity contribution < 1.29 is 27.7 Å². The Kier molecular flexibility index (Phi) is 3.98. The first-order valence-electron chi connectivity index (χ1n) is 5.89. The van der Waals surface area contributed by atoms with Gasteiger partial charge in [0.15, 0.2) is 0 Å². The molecule has 0 aromatic rings. The molecule has 8 heteroatoms. The van der Waals surface area contributed by atoms with Gasteiger partial charge in [0.05, 0.1) is 11.2 Å². The fraction of sp³-hybridized carbons (Fsp3) is 0.818. The van der Waals surface area contributed by atoms with Crippen LogP contribution >= 0.6 is 0 Å². The molecule has 0 aromatic heterocycles. The predicted octanol–water partition coefficient (Wildman–Crippen LogP) is 0.893. The fourth-order valence-electron chi connectivity index (χ4n) is 3.42. The van der Waals surface area contributed by atoms with Crippen LogP contribution in [-0.2, 0) is 14.9 Å². The van der Waals surface area contributed by atoms with Crippen molar-refractivity contribution in [3.8, 4) is 0 Å². The van der Waals surface area contributed by atoms with Crippen LogP contribution < -0.4 is 5.73 Å². The minimum atomic E-state index is -4.08. The second kappa shape index (κ2) is 4.75. The Labute approximate surface area is 111 Å². The van der Waals surface area contributed by atoms with Gasteiger partial charge in [-0.05, 0) is 24.2 Å². The topological polar surface area (TPSA) is 135 Å². The summed E-state index contributed by atoms with van der Waals surface area (Å²) < 4.78 is 31.0. The summed E-state index contributed by atoms with van der Waals surface area (Å²) in [5.74, 6) is -0.101. The summed E-state index contributed by atoms with van der Waals surface area (Å²) in [7, 11) is -4.08. The molecular formula is C11H19NO6S. The van der Waals surface area contributed by atoms with E-state index in [0.717, 1.165) is 6.42 Å². The number of carboxylic acid groups (broad SMARTS) is 1. The van der Waals surface area contributed by atoms with Gasteiger partial charge in [0.1, 0.15) is 5.78 Å². The third-order valence-electron chi connectivity index (χ3n) is 4.57. The fourth-order valence-corrected chi connectivity index (χ4v) is 4.72. The van der Waals surface area contributed by atoms with Gasteiger partial charge in [-0.2, -0.15) is 8.42 Å². The highest BCUT2D eigenvalue weighted by Crippen LogP contribution is 2.64. The normalized spacial score (nSPS) is 31.7. The molecule has 4 N–H and O–H groups in total. The maximum Gasteiger partial charge on any atom is 0.402 e. The van der Waals surface area contributed by atoms with Gasteiger partial charge in [-0.25, -0.2) is 4.79 Å². The lowest BCUT2D eigenvalue weighted by molar-refractivity contribution is -0.128. The first-order chi connectivity index (χ1) is 8.42. The minimum absolute atomic E-state index is 0.0152. The molecule has 2 rings (SSSR count). The molecule has 2 aliphatic carbocycles. The maximum atomic E-state index is 11.9. The number of Topliss-reactive ketones (excluding diaryl/α,β-unsaturated/α-hetero) is 1. The van der Waals surface area contributed by atoms with Crippen LogP contribution in [0.1, 0.15) is 33.1 Å². The summed E-state index contributed by atoms with van der Waals surface area (Å²) in [6.45, 7) is 3.89. The summed E-state index contributed by atoms with van der Waals surface area (Å²) in [5, 5.41) is 7.19. The highest BCUT2D eigenvalue weighted by atomic mass is 32.2. The van der Waals surface area contributed by atoms with Gasteiger partial charge in [0, 0.05) is 6.42 Å². The van der Waals surface area contributed by atoms with Crippen molar-refractivity contribution in [3.63, 3.8) is 0 Å². The monoisotopic (exact) mass is 293 g/mol. The smallest absolute Gasteiger partial charge is 0.402 e. The molecule has 0 radical (unpaired) electrons. The molecule has 110 valence electrons.